The average molecular weight is 487 g/mol. The molecule has 0 spiro atoms. The Labute approximate surface area is 187 Å². The second-order valence-electron chi connectivity index (χ2n) is 6.20. The lowest BCUT2D eigenvalue weighted by molar-refractivity contribution is 0.0526. The first-order valence-corrected chi connectivity index (χ1v) is 10.3. The van der Waals surface area contributed by atoms with Crippen LogP contribution >= 0.6 is 28.1 Å². The van der Waals surface area contributed by atoms with Gasteiger partial charge in [0.2, 0.25) is 0 Å². The van der Waals surface area contributed by atoms with Crippen LogP contribution in [-0.4, -0.2) is 30.7 Å². The van der Waals surface area contributed by atoms with E-state index in [9.17, 15) is 9.59 Å². The summed E-state index contributed by atoms with van der Waals surface area (Å²) in [7, 11) is 1.51. The zero-order chi connectivity index (χ0) is 21.7. The molecule has 0 aliphatic carbocycles. The molecular weight excluding hydrogens is 468 g/mol. The second kappa shape index (κ2) is 9.69. The highest BCUT2D eigenvalue weighted by Crippen LogP contribution is 2.36. The van der Waals surface area contributed by atoms with Crippen LogP contribution < -0.4 is 15.4 Å². The lowest BCUT2D eigenvalue weighted by Crippen LogP contribution is -2.34. The largest absolute Gasteiger partial charge is 0.495 e. The number of nitrogens with one attached hydrogen (secondary N) is 2. The summed E-state index contributed by atoms with van der Waals surface area (Å²) in [5.74, 6) is -0.374. The van der Waals surface area contributed by atoms with Gasteiger partial charge in [-0.1, -0.05) is 24.3 Å². The number of anilines is 1. The molecule has 0 saturated carbocycles. The minimum atomic E-state index is -0.404. The first-order chi connectivity index (χ1) is 14.4. The highest BCUT2D eigenvalue weighted by Gasteiger charge is 2.19. The van der Waals surface area contributed by atoms with E-state index in [2.05, 4.69) is 26.6 Å². The van der Waals surface area contributed by atoms with Crippen molar-refractivity contribution in [2.24, 2.45) is 0 Å². The number of esters is 1. The Morgan fingerprint density at radius 2 is 1.80 bits per heavy atom. The van der Waals surface area contributed by atoms with Crippen LogP contribution in [0.1, 0.15) is 27.6 Å². The van der Waals surface area contributed by atoms with Crippen LogP contribution in [-0.2, 0) is 4.74 Å². The number of halogens is 1. The lowest BCUT2D eigenvalue weighted by Gasteiger charge is -2.14. The van der Waals surface area contributed by atoms with Gasteiger partial charge in [0.25, 0.3) is 5.91 Å². The molecule has 0 aliphatic rings. The van der Waals surface area contributed by atoms with E-state index in [0.29, 0.717) is 33.6 Å². The van der Waals surface area contributed by atoms with Crippen molar-refractivity contribution in [1.29, 1.82) is 0 Å². The highest BCUT2D eigenvalue weighted by atomic mass is 79.9. The van der Waals surface area contributed by atoms with Gasteiger partial charge in [-0.05, 0) is 76.2 Å². The molecule has 0 aliphatic heterocycles. The lowest BCUT2D eigenvalue weighted by atomic mass is 10.1. The number of carbonyl (C=O) groups excluding carboxylic acids is 2. The van der Waals surface area contributed by atoms with Gasteiger partial charge in [0.15, 0.2) is 5.11 Å². The second-order valence-corrected chi connectivity index (χ2v) is 7.40. The maximum Gasteiger partial charge on any atom is 0.338 e. The fraction of sp³-hybridized carbons (Fsp3) is 0.136. The Bertz CT molecular complexity index is 1120. The SMILES string of the molecule is CCOC(=O)c1ccc(NC(=S)NC(=O)c2cc3ccccc3c(Br)c2OC)cc1. The third kappa shape index (κ3) is 4.77. The summed E-state index contributed by atoms with van der Waals surface area (Å²) in [6.45, 7) is 2.06. The van der Waals surface area contributed by atoms with Crippen molar-refractivity contribution < 1.29 is 19.1 Å². The number of rotatable bonds is 5. The molecule has 3 aromatic carbocycles. The van der Waals surface area contributed by atoms with Crippen molar-refractivity contribution in [1.82, 2.24) is 5.32 Å². The quantitative estimate of drug-likeness (QED) is 0.393. The molecule has 154 valence electrons. The molecule has 0 heterocycles. The Hall–Kier alpha value is -2.97. The average Bonchev–Trinajstić information content (AvgIpc) is 2.74. The Morgan fingerprint density at radius 1 is 1.10 bits per heavy atom. The van der Waals surface area contributed by atoms with Gasteiger partial charge in [0.05, 0.1) is 29.3 Å². The van der Waals surface area contributed by atoms with Crippen molar-refractivity contribution in [2.75, 3.05) is 19.0 Å². The molecule has 0 unspecified atom stereocenters. The van der Waals surface area contributed by atoms with E-state index in [1.165, 1.54) is 7.11 Å². The van der Waals surface area contributed by atoms with E-state index in [4.69, 9.17) is 21.7 Å². The molecule has 8 heteroatoms. The molecule has 0 atom stereocenters. The molecule has 30 heavy (non-hydrogen) atoms. The topological polar surface area (TPSA) is 76.7 Å². The van der Waals surface area contributed by atoms with Gasteiger partial charge in [0.1, 0.15) is 5.75 Å². The zero-order valence-electron chi connectivity index (χ0n) is 16.3. The Balaban J connectivity index is 1.74. The summed E-state index contributed by atoms with van der Waals surface area (Å²) in [5.41, 5.74) is 1.41. The molecule has 3 aromatic rings. The molecule has 0 fully saturated rings. The van der Waals surface area contributed by atoms with E-state index < -0.39 is 11.9 Å². The maximum atomic E-state index is 12.8. The molecular formula is C22H19BrN2O4S. The third-order valence-electron chi connectivity index (χ3n) is 4.27. The van der Waals surface area contributed by atoms with Crippen LogP contribution in [0.3, 0.4) is 0 Å². The van der Waals surface area contributed by atoms with Gasteiger partial charge < -0.3 is 14.8 Å². The van der Waals surface area contributed by atoms with Gasteiger partial charge in [-0.2, -0.15) is 0 Å². The molecule has 0 aromatic heterocycles. The van der Waals surface area contributed by atoms with Gasteiger partial charge in [-0.15, -0.1) is 0 Å². The van der Waals surface area contributed by atoms with Crippen LogP contribution in [0.4, 0.5) is 5.69 Å². The number of methoxy groups -OCH3 is 1. The molecule has 0 radical (unpaired) electrons. The van der Waals surface area contributed by atoms with Gasteiger partial charge in [-0.3, -0.25) is 10.1 Å². The summed E-state index contributed by atoms with van der Waals surface area (Å²) >= 11 is 8.78. The number of thiocarbonyl (C=S) groups is 1. The number of carbonyl (C=O) groups is 2. The summed E-state index contributed by atoms with van der Waals surface area (Å²) in [4.78, 5) is 24.6. The highest BCUT2D eigenvalue weighted by molar-refractivity contribution is 9.10. The normalized spacial score (nSPS) is 10.4. The van der Waals surface area contributed by atoms with E-state index in [0.717, 1.165) is 10.8 Å². The fourth-order valence-corrected chi connectivity index (χ4v) is 3.84. The van der Waals surface area contributed by atoms with Crippen molar-refractivity contribution in [3.8, 4) is 5.75 Å². The standard InChI is InChI=1S/C22H19BrN2O4S/c1-3-29-21(27)13-8-10-15(11-9-13)24-22(30)25-20(26)17-12-14-6-4-5-7-16(14)18(23)19(17)28-2/h4-12H,3H2,1-2H3,(H2,24,25,26,30). The Kier molecular flexibility index (Phi) is 7.02. The molecule has 3 rings (SSSR count). The summed E-state index contributed by atoms with van der Waals surface area (Å²) in [6, 6.07) is 16.0. The van der Waals surface area contributed by atoms with E-state index >= 15 is 0 Å². The van der Waals surface area contributed by atoms with Crippen LogP contribution in [0, 0.1) is 0 Å². The van der Waals surface area contributed by atoms with Gasteiger partial charge in [-0.25, -0.2) is 4.79 Å². The molecule has 2 N–H and O–H groups in total. The summed E-state index contributed by atoms with van der Waals surface area (Å²) in [6.07, 6.45) is 0. The van der Waals surface area contributed by atoms with Gasteiger partial charge in [0, 0.05) is 5.69 Å². The monoisotopic (exact) mass is 486 g/mol. The molecule has 1 amide bonds. The number of fused-ring (bicyclic) bond motifs is 1. The number of ether oxygens (including phenoxy) is 2. The van der Waals surface area contributed by atoms with E-state index in [-0.39, 0.29) is 5.11 Å². The van der Waals surface area contributed by atoms with Crippen molar-refractivity contribution >= 4 is 61.6 Å². The van der Waals surface area contributed by atoms with Gasteiger partial charge >= 0.3 is 5.97 Å². The fourth-order valence-electron chi connectivity index (χ4n) is 2.89. The smallest absolute Gasteiger partial charge is 0.338 e. The predicted molar refractivity (Wildman–Crippen MR) is 124 cm³/mol. The van der Waals surface area contributed by atoms with Crippen molar-refractivity contribution in [3.05, 3.63) is 70.2 Å². The Morgan fingerprint density at radius 3 is 2.47 bits per heavy atom. The maximum absolute atomic E-state index is 12.8. The number of benzene rings is 3. The van der Waals surface area contributed by atoms with Crippen LogP contribution in [0.2, 0.25) is 0 Å². The number of hydrogen-bond acceptors (Lipinski definition) is 5. The van der Waals surface area contributed by atoms with Crippen LogP contribution in [0.5, 0.6) is 5.75 Å². The minimum absolute atomic E-state index is 0.121. The van der Waals surface area contributed by atoms with Crippen LogP contribution in [0.25, 0.3) is 10.8 Å². The summed E-state index contributed by atoms with van der Waals surface area (Å²) < 4.78 is 11.1. The van der Waals surface area contributed by atoms with Crippen LogP contribution in [0.15, 0.2) is 59.1 Å². The molecule has 0 saturated heterocycles. The van der Waals surface area contributed by atoms with Crippen molar-refractivity contribution in [3.63, 3.8) is 0 Å². The minimum Gasteiger partial charge on any atom is -0.495 e. The number of amides is 1. The first-order valence-electron chi connectivity index (χ1n) is 9.09. The van der Waals surface area contributed by atoms with E-state index in [1.54, 1.807) is 37.3 Å². The summed E-state index contributed by atoms with van der Waals surface area (Å²) in [5, 5.41) is 7.53. The van der Waals surface area contributed by atoms with Crippen molar-refractivity contribution in [2.45, 2.75) is 6.92 Å². The first kappa shape index (κ1) is 21.7. The predicted octanol–water partition coefficient (Wildman–Crippen LogP) is 4.91. The van der Waals surface area contributed by atoms with E-state index in [1.807, 2.05) is 24.3 Å². The zero-order valence-corrected chi connectivity index (χ0v) is 18.7. The number of hydrogen-bond donors (Lipinski definition) is 2. The third-order valence-corrected chi connectivity index (χ3v) is 5.26. The molecule has 6 nitrogen and oxygen atoms in total. The molecule has 0 bridgehead atoms.